The maximum absolute atomic E-state index is 6.03. The van der Waals surface area contributed by atoms with Crippen LogP contribution >= 0.6 is 0 Å². The van der Waals surface area contributed by atoms with E-state index in [2.05, 4.69) is 56.4 Å². The van der Waals surface area contributed by atoms with Crippen molar-refractivity contribution < 1.29 is 4.74 Å². The summed E-state index contributed by atoms with van der Waals surface area (Å²) in [6, 6.07) is 12.9. The van der Waals surface area contributed by atoms with E-state index < -0.39 is 0 Å². The first kappa shape index (κ1) is 26.8. The van der Waals surface area contributed by atoms with Crippen LogP contribution in [0.5, 0.6) is 5.75 Å². The molecule has 0 radical (unpaired) electrons. The fourth-order valence-electron chi connectivity index (χ4n) is 5.53. The lowest BCUT2D eigenvalue weighted by molar-refractivity contribution is 0.230. The summed E-state index contributed by atoms with van der Waals surface area (Å²) in [4.78, 5) is 4.72. The van der Waals surface area contributed by atoms with Gasteiger partial charge in [0, 0.05) is 11.8 Å². The van der Waals surface area contributed by atoms with Gasteiger partial charge in [-0.25, -0.2) is 0 Å². The van der Waals surface area contributed by atoms with Crippen molar-refractivity contribution in [2.24, 2.45) is 11.8 Å². The zero-order chi connectivity index (χ0) is 23.8. The number of pyridine rings is 1. The van der Waals surface area contributed by atoms with Crippen LogP contribution in [-0.2, 0) is 6.42 Å². The van der Waals surface area contributed by atoms with Gasteiger partial charge in [-0.05, 0) is 73.4 Å². The van der Waals surface area contributed by atoms with E-state index in [0.717, 1.165) is 36.3 Å². The maximum Gasteiger partial charge on any atom is 0.119 e. The Balaban J connectivity index is 1.31. The number of nitrogens with zero attached hydrogens (tertiary/aromatic N) is 1. The molecule has 0 atom stereocenters. The van der Waals surface area contributed by atoms with Gasteiger partial charge in [0.2, 0.25) is 0 Å². The van der Waals surface area contributed by atoms with Crippen LogP contribution in [0.3, 0.4) is 0 Å². The Labute approximate surface area is 209 Å². The van der Waals surface area contributed by atoms with E-state index in [-0.39, 0.29) is 0 Å². The molecule has 1 heterocycles. The highest BCUT2D eigenvalue weighted by molar-refractivity contribution is 5.60. The van der Waals surface area contributed by atoms with Crippen molar-refractivity contribution in [1.29, 1.82) is 0 Å². The third-order valence-electron chi connectivity index (χ3n) is 7.73. The summed E-state index contributed by atoms with van der Waals surface area (Å²) in [6.07, 6.45) is 23.8. The van der Waals surface area contributed by atoms with E-state index in [4.69, 9.17) is 9.72 Å². The van der Waals surface area contributed by atoms with E-state index in [1.807, 2.05) is 0 Å². The Bertz CT molecular complexity index is 759. The molecule has 1 aromatic carbocycles. The molecule has 0 amide bonds. The fraction of sp³-hybridized carbons (Fsp3) is 0.656. The van der Waals surface area contributed by atoms with Crippen LogP contribution in [0, 0.1) is 11.8 Å². The van der Waals surface area contributed by atoms with Crippen LogP contribution in [0.1, 0.15) is 116 Å². The highest BCUT2D eigenvalue weighted by Gasteiger charge is 2.20. The average Bonchev–Trinajstić information content (AvgIpc) is 2.88. The van der Waals surface area contributed by atoms with Gasteiger partial charge in [0.25, 0.3) is 0 Å². The minimum atomic E-state index is 0.833. The van der Waals surface area contributed by atoms with Crippen molar-refractivity contribution in [2.75, 3.05) is 6.61 Å². The van der Waals surface area contributed by atoms with Crippen LogP contribution in [0.2, 0.25) is 0 Å². The molecule has 188 valence electrons. The van der Waals surface area contributed by atoms with Crippen molar-refractivity contribution in [3.63, 3.8) is 0 Å². The molecule has 0 aliphatic heterocycles. The summed E-state index contributed by atoms with van der Waals surface area (Å²) in [6.45, 7) is 5.43. The lowest BCUT2D eigenvalue weighted by atomic mass is 9.78. The lowest BCUT2D eigenvalue weighted by Gasteiger charge is -2.28. The molecular formula is C32H49NO. The highest BCUT2D eigenvalue weighted by Crippen LogP contribution is 2.33. The second-order valence-corrected chi connectivity index (χ2v) is 10.6. The van der Waals surface area contributed by atoms with E-state index in [0.29, 0.717) is 0 Å². The number of benzene rings is 1. The normalized spacial score (nSPS) is 18.2. The molecule has 1 aliphatic rings. The number of rotatable bonds is 16. The van der Waals surface area contributed by atoms with Gasteiger partial charge in [0.15, 0.2) is 0 Å². The van der Waals surface area contributed by atoms with Gasteiger partial charge in [-0.2, -0.15) is 0 Å². The number of aryl methyl sites for hydroxylation is 1. The van der Waals surface area contributed by atoms with Gasteiger partial charge in [-0.3, -0.25) is 4.98 Å². The fourth-order valence-corrected chi connectivity index (χ4v) is 5.53. The van der Waals surface area contributed by atoms with Gasteiger partial charge in [0.1, 0.15) is 5.75 Å². The quantitative estimate of drug-likeness (QED) is 0.231. The van der Waals surface area contributed by atoms with Crippen molar-refractivity contribution >= 4 is 0 Å². The molecule has 2 aromatic rings. The van der Waals surface area contributed by atoms with Gasteiger partial charge in [-0.15, -0.1) is 0 Å². The molecule has 0 N–H and O–H groups in total. The Morgan fingerprint density at radius 1 is 0.706 bits per heavy atom. The Morgan fingerprint density at radius 3 is 2.03 bits per heavy atom. The number of hydrogen-bond donors (Lipinski definition) is 0. The molecule has 0 saturated heterocycles. The second kappa shape index (κ2) is 16.0. The molecule has 2 heteroatoms. The van der Waals surface area contributed by atoms with Gasteiger partial charge in [0.05, 0.1) is 12.3 Å². The molecule has 3 rings (SSSR count). The maximum atomic E-state index is 6.03. The van der Waals surface area contributed by atoms with Crippen LogP contribution in [-0.4, -0.2) is 11.6 Å². The zero-order valence-corrected chi connectivity index (χ0v) is 22.1. The average molecular weight is 464 g/mol. The van der Waals surface area contributed by atoms with E-state index in [1.54, 1.807) is 0 Å². The smallest absolute Gasteiger partial charge is 0.119 e. The Kier molecular flexibility index (Phi) is 12.6. The molecule has 2 nitrogen and oxygen atoms in total. The third-order valence-corrected chi connectivity index (χ3v) is 7.73. The predicted octanol–water partition coefficient (Wildman–Crippen LogP) is 9.81. The van der Waals surface area contributed by atoms with Crippen LogP contribution in [0.4, 0.5) is 0 Å². The molecule has 0 unspecified atom stereocenters. The summed E-state index contributed by atoms with van der Waals surface area (Å²) >= 11 is 0. The summed E-state index contributed by atoms with van der Waals surface area (Å²) in [5.41, 5.74) is 3.57. The summed E-state index contributed by atoms with van der Waals surface area (Å²) < 4.78 is 6.03. The first-order valence-corrected chi connectivity index (χ1v) is 14.5. The SMILES string of the molecule is CCCCCCCCCc1ccc(-c2ccc(OCCC[C@H]3CC[C@H](CCC)CC3)cc2)nc1. The van der Waals surface area contributed by atoms with Crippen LogP contribution < -0.4 is 4.74 Å². The van der Waals surface area contributed by atoms with Crippen LogP contribution in [0.15, 0.2) is 42.6 Å². The Hall–Kier alpha value is -1.83. The number of unbranched alkanes of at least 4 members (excludes halogenated alkanes) is 6. The van der Waals surface area contributed by atoms with Crippen LogP contribution in [0.25, 0.3) is 11.3 Å². The van der Waals surface area contributed by atoms with Gasteiger partial charge >= 0.3 is 0 Å². The minimum absolute atomic E-state index is 0.833. The topological polar surface area (TPSA) is 22.1 Å². The van der Waals surface area contributed by atoms with Crippen molar-refractivity contribution in [3.05, 3.63) is 48.2 Å². The molecule has 1 fully saturated rings. The van der Waals surface area contributed by atoms with E-state index in [1.165, 1.54) is 107 Å². The molecule has 1 saturated carbocycles. The molecule has 34 heavy (non-hydrogen) atoms. The summed E-state index contributed by atoms with van der Waals surface area (Å²) in [7, 11) is 0. The van der Waals surface area contributed by atoms with Gasteiger partial charge < -0.3 is 4.74 Å². The second-order valence-electron chi connectivity index (χ2n) is 10.6. The lowest BCUT2D eigenvalue weighted by Crippen LogP contribution is -2.15. The number of hydrogen-bond acceptors (Lipinski definition) is 2. The Morgan fingerprint density at radius 2 is 1.38 bits per heavy atom. The van der Waals surface area contributed by atoms with Gasteiger partial charge in [-0.1, -0.05) is 97.0 Å². The highest BCUT2D eigenvalue weighted by atomic mass is 16.5. The molecule has 1 aliphatic carbocycles. The van der Waals surface area contributed by atoms with Crippen molar-refractivity contribution in [2.45, 2.75) is 117 Å². The number of aromatic nitrogens is 1. The zero-order valence-electron chi connectivity index (χ0n) is 22.1. The monoisotopic (exact) mass is 463 g/mol. The predicted molar refractivity (Wildman–Crippen MR) is 146 cm³/mol. The number of ether oxygens (including phenoxy) is 1. The standard InChI is InChI=1S/C32H49NO/c1-3-5-6-7-8-9-10-13-29-19-24-32(33-26-29)30-20-22-31(23-21-30)34-25-11-14-28-17-15-27(12-4-2)16-18-28/h19-24,26-28H,3-18,25H2,1-2H3/t27-,28-. The first-order valence-electron chi connectivity index (χ1n) is 14.5. The van der Waals surface area contributed by atoms with E-state index in [9.17, 15) is 0 Å². The molecule has 0 spiro atoms. The minimum Gasteiger partial charge on any atom is -0.494 e. The van der Waals surface area contributed by atoms with Crippen molar-refractivity contribution in [3.8, 4) is 17.0 Å². The summed E-state index contributed by atoms with van der Waals surface area (Å²) in [5, 5.41) is 0. The molecule has 0 bridgehead atoms. The third kappa shape index (κ3) is 9.80. The molecule has 1 aromatic heterocycles. The largest absolute Gasteiger partial charge is 0.494 e. The van der Waals surface area contributed by atoms with E-state index >= 15 is 0 Å². The molecular weight excluding hydrogens is 414 g/mol. The van der Waals surface area contributed by atoms with Crippen molar-refractivity contribution in [1.82, 2.24) is 4.98 Å². The summed E-state index contributed by atoms with van der Waals surface area (Å²) in [5.74, 6) is 2.91. The first-order chi connectivity index (χ1) is 16.8.